The number of benzene rings is 1. The average molecular weight is 259 g/mol. The van der Waals surface area contributed by atoms with Gasteiger partial charge in [-0.15, -0.1) is 0 Å². The number of nitrogens with zero attached hydrogens (tertiary/aromatic N) is 1. The van der Waals surface area contributed by atoms with Gasteiger partial charge in [0.1, 0.15) is 6.04 Å². The highest BCUT2D eigenvalue weighted by Gasteiger charge is 2.15. The van der Waals surface area contributed by atoms with Crippen LogP contribution in [0.2, 0.25) is 0 Å². The van der Waals surface area contributed by atoms with Crippen LogP contribution in [-0.4, -0.2) is 24.4 Å². The van der Waals surface area contributed by atoms with Crippen molar-refractivity contribution < 1.29 is 9.59 Å². The summed E-state index contributed by atoms with van der Waals surface area (Å²) in [5, 5.41) is 14.0. The number of carbonyl (C=O) groups excluding carboxylic acids is 2. The maximum atomic E-state index is 11.9. The zero-order valence-corrected chi connectivity index (χ0v) is 11.1. The smallest absolute Gasteiger partial charge is 0.251 e. The third-order valence-electron chi connectivity index (χ3n) is 2.57. The first-order valence-corrected chi connectivity index (χ1v) is 6.17. The minimum absolute atomic E-state index is 0.205. The first-order chi connectivity index (χ1) is 9.08. The molecule has 2 N–H and O–H groups in total. The van der Waals surface area contributed by atoms with Gasteiger partial charge in [-0.25, -0.2) is 0 Å². The molecular formula is C14H17N3O2. The summed E-state index contributed by atoms with van der Waals surface area (Å²) in [6, 6.07) is 7.64. The van der Waals surface area contributed by atoms with Crippen molar-refractivity contribution in [2.45, 2.75) is 26.3 Å². The fraction of sp³-hybridized carbons (Fsp3) is 0.357. The third-order valence-corrected chi connectivity index (χ3v) is 2.57. The molecule has 5 heteroatoms. The van der Waals surface area contributed by atoms with E-state index in [1.54, 1.807) is 31.2 Å². The van der Waals surface area contributed by atoms with E-state index >= 15 is 0 Å². The molecule has 0 saturated carbocycles. The number of amides is 2. The maximum Gasteiger partial charge on any atom is 0.251 e. The second-order valence-electron chi connectivity index (χ2n) is 4.18. The van der Waals surface area contributed by atoms with Crippen molar-refractivity contribution in [1.29, 1.82) is 5.26 Å². The molecule has 0 heterocycles. The first kappa shape index (κ1) is 14.7. The van der Waals surface area contributed by atoms with E-state index < -0.39 is 6.04 Å². The summed E-state index contributed by atoms with van der Waals surface area (Å²) >= 11 is 0. The van der Waals surface area contributed by atoms with E-state index in [9.17, 15) is 9.59 Å². The number of rotatable bonds is 5. The maximum absolute atomic E-state index is 11.9. The average Bonchev–Trinajstić information content (AvgIpc) is 2.44. The van der Waals surface area contributed by atoms with Crippen molar-refractivity contribution in [2.75, 3.05) is 6.54 Å². The molecule has 0 aliphatic carbocycles. The highest BCUT2D eigenvalue weighted by atomic mass is 16.2. The monoisotopic (exact) mass is 259 g/mol. The van der Waals surface area contributed by atoms with Gasteiger partial charge in [0.05, 0.1) is 11.6 Å². The van der Waals surface area contributed by atoms with Crippen LogP contribution in [0.3, 0.4) is 0 Å². The van der Waals surface area contributed by atoms with Crippen LogP contribution in [0.1, 0.15) is 36.2 Å². The topological polar surface area (TPSA) is 82.0 Å². The van der Waals surface area contributed by atoms with E-state index in [2.05, 4.69) is 10.6 Å². The number of nitrogens with one attached hydrogen (secondary N) is 2. The molecule has 0 bridgehead atoms. The zero-order chi connectivity index (χ0) is 14.3. The Labute approximate surface area is 112 Å². The minimum Gasteiger partial charge on any atom is -0.354 e. The molecule has 1 aromatic carbocycles. The molecule has 19 heavy (non-hydrogen) atoms. The summed E-state index contributed by atoms with van der Waals surface area (Å²) in [5.41, 5.74) is 0.916. The van der Waals surface area contributed by atoms with Crippen LogP contribution in [0.15, 0.2) is 24.3 Å². The summed E-state index contributed by atoms with van der Waals surface area (Å²) in [4.78, 5) is 23.5. The predicted octanol–water partition coefficient (Wildman–Crippen LogP) is 1.20. The molecule has 1 atom stereocenters. The van der Waals surface area contributed by atoms with Crippen molar-refractivity contribution in [3.8, 4) is 6.07 Å². The van der Waals surface area contributed by atoms with Crippen LogP contribution in [0.5, 0.6) is 0 Å². The zero-order valence-electron chi connectivity index (χ0n) is 11.1. The van der Waals surface area contributed by atoms with Crippen molar-refractivity contribution in [2.24, 2.45) is 0 Å². The van der Waals surface area contributed by atoms with Gasteiger partial charge in [0.15, 0.2) is 0 Å². The Morgan fingerprint density at radius 2 is 1.95 bits per heavy atom. The summed E-state index contributed by atoms with van der Waals surface area (Å²) in [6.07, 6.45) is 0.849. The quantitative estimate of drug-likeness (QED) is 0.833. The number of nitriles is 1. The van der Waals surface area contributed by atoms with Gasteiger partial charge in [0.25, 0.3) is 5.91 Å². The number of hydrogen-bond donors (Lipinski definition) is 2. The van der Waals surface area contributed by atoms with Crippen LogP contribution >= 0.6 is 0 Å². The Balaban J connectivity index is 2.58. The van der Waals surface area contributed by atoms with Crippen molar-refractivity contribution in [3.63, 3.8) is 0 Å². The lowest BCUT2D eigenvalue weighted by Crippen LogP contribution is -2.44. The molecule has 100 valence electrons. The van der Waals surface area contributed by atoms with Crippen LogP contribution in [0.4, 0.5) is 0 Å². The van der Waals surface area contributed by atoms with Crippen molar-refractivity contribution >= 4 is 11.8 Å². The lowest BCUT2D eigenvalue weighted by molar-refractivity contribution is -0.122. The van der Waals surface area contributed by atoms with E-state index in [1.807, 2.05) is 13.0 Å². The standard InChI is InChI=1S/C14H17N3O2/c1-3-8-16-13(18)10(2)17-14(19)12-6-4-11(9-15)5-7-12/h4-7,10H,3,8H2,1-2H3,(H,16,18)(H,17,19). The van der Waals surface area contributed by atoms with Gasteiger partial charge in [-0.2, -0.15) is 5.26 Å². The molecule has 1 unspecified atom stereocenters. The van der Waals surface area contributed by atoms with Crippen molar-refractivity contribution in [3.05, 3.63) is 35.4 Å². The summed E-state index contributed by atoms with van der Waals surface area (Å²) < 4.78 is 0. The highest BCUT2D eigenvalue weighted by molar-refractivity contribution is 5.97. The highest BCUT2D eigenvalue weighted by Crippen LogP contribution is 2.03. The van der Waals surface area contributed by atoms with E-state index in [0.29, 0.717) is 17.7 Å². The summed E-state index contributed by atoms with van der Waals surface area (Å²) in [6.45, 7) is 4.18. The SMILES string of the molecule is CCCNC(=O)C(C)NC(=O)c1ccc(C#N)cc1. The molecular weight excluding hydrogens is 242 g/mol. The van der Waals surface area contributed by atoms with E-state index in [-0.39, 0.29) is 11.8 Å². The fourth-order valence-corrected chi connectivity index (χ4v) is 1.44. The van der Waals surface area contributed by atoms with E-state index in [4.69, 9.17) is 5.26 Å². The summed E-state index contributed by atoms with van der Waals surface area (Å²) in [7, 11) is 0. The molecule has 0 aliphatic rings. The molecule has 0 spiro atoms. The normalized spacial score (nSPS) is 11.2. The van der Waals surface area contributed by atoms with Gasteiger partial charge < -0.3 is 10.6 Å². The molecule has 2 amide bonds. The molecule has 0 aliphatic heterocycles. The fourth-order valence-electron chi connectivity index (χ4n) is 1.44. The predicted molar refractivity (Wildman–Crippen MR) is 71.4 cm³/mol. The number of carbonyl (C=O) groups is 2. The van der Waals surface area contributed by atoms with Gasteiger partial charge in [-0.05, 0) is 37.6 Å². The molecule has 1 rings (SSSR count). The first-order valence-electron chi connectivity index (χ1n) is 6.17. The molecule has 5 nitrogen and oxygen atoms in total. The molecule has 0 aromatic heterocycles. The van der Waals surface area contributed by atoms with Gasteiger partial charge in [0.2, 0.25) is 5.91 Å². The number of hydrogen-bond acceptors (Lipinski definition) is 3. The Morgan fingerprint density at radius 3 is 2.47 bits per heavy atom. The molecule has 0 radical (unpaired) electrons. The van der Waals surface area contributed by atoms with Crippen LogP contribution < -0.4 is 10.6 Å². The molecule has 0 saturated heterocycles. The van der Waals surface area contributed by atoms with Crippen LogP contribution in [-0.2, 0) is 4.79 Å². The largest absolute Gasteiger partial charge is 0.354 e. The lowest BCUT2D eigenvalue weighted by Gasteiger charge is -2.13. The Morgan fingerprint density at radius 1 is 1.32 bits per heavy atom. The van der Waals surface area contributed by atoms with Crippen LogP contribution in [0, 0.1) is 11.3 Å². The van der Waals surface area contributed by atoms with Gasteiger partial charge >= 0.3 is 0 Å². The Hall–Kier alpha value is -2.35. The Kier molecular flexibility index (Phi) is 5.55. The van der Waals surface area contributed by atoms with Gasteiger partial charge in [-0.1, -0.05) is 6.92 Å². The van der Waals surface area contributed by atoms with E-state index in [0.717, 1.165) is 6.42 Å². The van der Waals surface area contributed by atoms with Crippen LogP contribution in [0.25, 0.3) is 0 Å². The second kappa shape index (κ2) is 7.17. The third kappa shape index (κ3) is 4.43. The van der Waals surface area contributed by atoms with E-state index in [1.165, 1.54) is 0 Å². The minimum atomic E-state index is -0.588. The van der Waals surface area contributed by atoms with Gasteiger partial charge in [-0.3, -0.25) is 9.59 Å². The summed E-state index contributed by atoms with van der Waals surface area (Å²) in [5.74, 6) is -0.535. The Bertz CT molecular complexity index is 488. The van der Waals surface area contributed by atoms with Gasteiger partial charge in [0, 0.05) is 12.1 Å². The molecule has 0 fully saturated rings. The lowest BCUT2D eigenvalue weighted by atomic mass is 10.1. The second-order valence-corrected chi connectivity index (χ2v) is 4.18. The molecule has 1 aromatic rings. The van der Waals surface area contributed by atoms with Crippen molar-refractivity contribution in [1.82, 2.24) is 10.6 Å².